The first kappa shape index (κ1) is 14.4. The second-order valence-electron chi connectivity index (χ2n) is 5.41. The summed E-state index contributed by atoms with van der Waals surface area (Å²) in [6.07, 6.45) is 1.06. The summed E-state index contributed by atoms with van der Waals surface area (Å²) in [5.74, 6) is 0. The zero-order valence-electron chi connectivity index (χ0n) is 12.8. The van der Waals surface area contributed by atoms with Crippen LogP contribution in [0.5, 0.6) is 0 Å². The maximum Gasteiger partial charge on any atom is 0.141 e. The summed E-state index contributed by atoms with van der Waals surface area (Å²) in [5, 5.41) is 0. The standard InChI is InChI=1S/C20H20N2/c1-2-16-8-12-19(13-9-16)22(18-6-4-3-5-7-18)20-14-10-17(21)11-15-20/h3-15H,2,21H2,1H3/p+1. The van der Waals surface area contributed by atoms with Crippen molar-refractivity contribution in [1.82, 2.24) is 0 Å². The molecule has 0 amide bonds. The van der Waals surface area contributed by atoms with Crippen molar-refractivity contribution in [3.05, 3.63) is 84.4 Å². The number of nitrogens with two attached hydrogens (primary N) is 1. The van der Waals surface area contributed by atoms with Crippen molar-refractivity contribution in [3.63, 3.8) is 0 Å². The smallest absolute Gasteiger partial charge is 0.141 e. The monoisotopic (exact) mass is 289 g/mol. The summed E-state index contributed by atoms with van der Waals surface area (Å²) in [4.78, 5) is 1.24. The summed E-state index contributed by atoms with van der Waals surface area (Å²) in [7, 11) is 0. The Morgan fingerprint density at radius 1 is 0.682 bits per heavy atom. The van der Waals surface area contributed by atoms with E-state index in [1.165, 1.54) is 27.5 Å². The summed E-state index contributed by atoms with van der Waals surface area (Å²) in [6, 6.07) is 27.4. The van der Waals surface area contributed by atoms with Crippen LogP contribution in [0.2, 0.25) is 0 Å². The Kier molecular flexibility index (Phi) is 4.22. The molecule has 0 aromatic heterocycles. The van der Waals surface area contributed by atoms with Crippen molar-refractivity contribution >= 4 is 22.7 Å². The number of hydrogen-bond donors (Lipinski definition) is 2. The Morgan fingerprint density at radius 3 is 1.73 bits per heavy atom. The Hall–Kier alpha value is -2.58. The molecule has 0 bridgehead atoms. The van der Waals surface area contributed by atoms with Gasteiger partial charge in [0.25, 0.3) is 0 Å². The van der Waals surface area contributed by atoms with E-state index < -0.39 is 0 Å². The first-order chi connectivity index (χ1) is 10.8. The topological polar surface area (TPSA) is 30.5 Å². The third-order valence-corrected chi connectivity index (χ3v) is 3.91. The van der Waals surface area contributed by atoms with E-state index in [0.29, 0.717) is 0 Å². The lowest BCUT2D eigenvalue weighted by molar-refractivity contribution is -0.681. The Morgan fingerprint density at radius 2 is 1.18 bits per heavy atom. The molecular formula is C20H21N2+. The quantitative estimate of drug-likeness (QED) is 0.698. The van der Waals surface area contributed by atoms with Crippen LogP contribution in [0.15, 0.2) is 78.9 Å². The first-order valence-corrected chi connectivity index (χ1v) is 7.65. The second kappa shape index (κ2) is 6.46. The third-order valence-electron chi connectivity index (χ3n) is 3.91. The molecule has 3 aromatic carbocycles. The molecular weight excluding hydrogens is 268 g/mol. The molecule has 0 saturated carbocycles. The van der Waals surface area contributed by atoms with E-state index in [-0.39, 0.29) is 0 Å². The minimum atomic E-state index is 0.789. The fourth-order valence-corrected chi connectivity index (χ4v) is 2.66. The fourth-order valence-electron chi connectivity index (χ4n) is 2.66. The Balaban J connectivity index is 2.07. The average molecular weight is 289 g/mol. The normalized spacial score (nSPS) is 12.0. The van der Waals surface area contributed by atoms with Gasteiger partial charge in [-0.1, -0.05) is 37.3 Å². The molecule has 1 unspecified atom stereocenters. The maximum absolute atomic E-state index is 5.83. The molecule has 22 heavy (non-hydrogen) atoms. The van der Waals surface area contributed by atoms with Gasteiger partial charge in [0.15, 0.2) is 0 Å². The van der Waals surface area contributed by atoms with Gasteiger partial charge >= 0.3 is 0 Å². The molecule has 0 heterocycles. The zero-order chi connectivity index (χ0) is 15.4. The summed E-state index contributed by atoms with van der Waals surface area (Å²) in [6.45, 7) is 2.18. The van der Waals surface area contributed by atoms with Crippen molar-refractivity contribution in [2.45, 2.75) is 13.3 Å². The number of nitrogens with one attached hydrogen (secondary N) is 1. The molecule has 0 fully saturated rings. The minimum absolute atomic E-state index is 0.789. The first-order valence-electron chi connectivity index (χ1n) is 7.65. The predicted octanol–water partition coefficient (Wildman–Crippen LogP) is 4.01. The van der Waals surface area contributed by atoms with Crippen molar-refractivity contribution < 1.29 is 4.90 Å². The molecule has 110 valence electrons. The lowest BCUT2D eigenvalue weighted by Gasteiger charge is -2.18. The SMILES string of the molecule is CCc1ccc([NH+](c2ccccc2)c2ccc(N)cc2)cc1. The maximum atomic E-state index is 5.83. The number of rotatable bonds is 4. The van der Waals surface area contributed by atoms with Crippen LogP contribution in [-0.2, 0) is 6.42 Å². The van der Waals surface area contributed by atoms with Gasteiger partial charge in [-0.05, 0) is 36.2 Å². The highest BCUT2D eigenvalue weighted by Gasteiger charge is 2.18. The number of hydrogen-bond acceptors (Lipinski definition) is 1. The number of aryl methyl sites for hydroxylation is 1. The van der Waals surface area contributed by atoms with Crippen LogP contribution in [-0.4, -0.2) is 0 Å². The number of anilines is 1. The van der Waals surface area contributed by atoms with Crippen LogP contribution in [0.25, 0.3) is 0 Å². The Bertz CT molecular complexity index is 716. The van der Waals surface area contributed by atoms with Gasteiger partial charge in [0.2, 0.25) is 0 Å². The molecule has 3 rings (SSSR count). The van der Waals surface area contributed by atoms with Gasteiger partial charge in [0.05, 0.1) is 0 Å². The summed E-state index contributed by atoms with van der Waals surface area (Å²) < 4.78 is 0. The fraction of sp³-hybridized carbons (Fsp3) is 0.100. The van der Waals surface area contributed by atoms with E-state index in [0.717, 1.165) is 12.1 Å². The van der Waals surface area contributed by atoms with Crippen LogP contribution in [0.3, 0.4) is 0 Å². The molecule has 0 aliphatic rings. The lowest BCUT2D eigenvalue weighted by atomic mass is 10.1. The van der Waals surface area contributed by atoms with Gasteiger partial charge < -0.3 is 5.73 Å². The van der Waals surface area contributed by atoms with Gasteiger partial charge in [-0.3, -0.25) is 0 Å². The predicted molar refractivity (Wildman–Crippen MR) is 93.1 cm³/mol. The molecule has 1 atom stereocenters. The van der Waals surface area contributed by atoms with Gasteiger partial charge in [0.1, 0.15) is 17.1 Å². The molecule has 3 aromatic rings. The van der Waals surface area contributed by atoms with Crippen LogP contribution in [0.1, 0.15) is 12.5 Å². The Labute approximate surface area is 131 Å². The third kappa shape index (κ3) is 3.02. The highest BCUT2D eigenvalue weighted by molar-refractivity contribution is 5.50. The molecule has 2 nitrogen and oxygen atoms in total. The second-order valence-corrected chi connectivity index (χ2v) is 5.41. The number of benzene rings is 3. The van der Waals surface area contributed by atoms with Crippen LogP contribution >= 0.6 is 0 Å². The van der Waals surface area contributed by atoms with Crippen LogP contribution in [0.4, 0.5) is 22.7 Å². The lowest BCUT2D eigenvalue weighted by Crippen LogP contribution is -2.96. The largest absolute Gasteiger partial charge is 0.399 e. The highest BCUT2D eigenvalue weighted by Crippen LogP contribution is 2.17. The summed E-state index contributed by atoms with van der Waals surface area (Å²) >= 11 is 0. The molecule has 0 spiro atoms. The van der Waals surface area contributed by atoms with Crippen molar-refractivity contribution in [2.75, 3.05) is 5.73 Å². The molecule has 2 heteroatoms. The van der Waals surface area contributed by atoms with E-state index in [1.54, 1.807) is 0 Å². The zero-order valence-corrected chi connectivity index (χ0v) is 12.8. The highest BCUT2D eigenvalue weighted by atomic mass is 15.1. The molecule has 3 N–H and O–H groups in total. The molecule has 0 aliphatic heterocycles. The van der Waals surface area contributed by atoms with Gasteiger partial charge in [0, 0.05) is 30.0 Å². The van der Waals surface area contributed by atoms with E-state index in [1.807, 2.05) is 18.2 Å². The van der Waals surface area contributed by atoms with E-state index in [9.17, 15) is 0 Å². The summed E-state index contributed by atoms with van der Waals surface area (Å²) in [5.41, 5.74) is 11.6. The number of para-hydroxylation sites is 1. The van der Waals surface area contributed by atoms with E-state index in [2.05, 4.69) is 67.6 Å². The van der Waals surface area contributed by atoms with Gasteiger partial charge in [-0.2, -0.15) is 0 Å². The molecule has 0 saturated heterocycles. The van der Waals surface area contributed by atoms with Crippen molar-refractivity contribution in [3.8, 4) is 0 Å². The minimum Gasteiger partial charge on any atom is -0.399 e. The van der Waals surface area contributed by atoms with Gasteiger partial charge in [-0.25, -0.2) is 4.90 Å². The van der Waals surface area contributed by atoms with Crippen LogP contribution < -0.4 is 10.6 Å². The van der Waals surface area contributed by atoms with E-state index in [4.69, 9.17) is 5.73 Å². The molecule has 0 aliphatic carbocycles. The van der Waals surface area contributed by atoms with Crippen molar-refractivity contribution in [1.29, 1.82) is 0 Å². The molecule has 0 radical (unpaired) electrons. The number of quaternary nitrogens is 1. The number of nitrogen functional groups attached to an aromatic ring is 1. The van der Waals surface area contributed by atoms with E-state index >= 15 is 0 Å². The average Bonchev–Trinajstić information content (AvgIpc) is 2.58. The van der Waals surface area contributed by atoms with Gasteiger partial charge in [-0.15, -0.1) is 0 Å². The van der Waals surface area contributed by atoms with Crippen molar-refractivity contribution in [2.24, 2.45) is 0 Å². The van der Waals surface area contributed by atoms with Crippen LogP contribution in [0, 0.1) is 0 Å².